The van der Waals surface area contributed by atoms with Gasteiger partial charge in [-0.25, -0.2) is 0 Å². The van der Waals surface area contributed by atoms with Crippen LogP contribution in [0.15, 0.2) is 16.6 Å². The van der Waals surface area contributed by atoms with E-state index in [2.05, 4.69) is 15.9 Å². The molecule has 0 aromatic heterocycles. The van der Waals surface area contributed by atoms with Gasteiger partial charge in [0.25, 0.3) is 0 Å². The van der Waals surface area contributed by atoms with Crippen molar-refractivity contribution in [2.45, 2.75) is 32.5 Å². The fraction of sp³-hybridized carbons (Fsp3) is 0.500. The molecule has 2 atom stereocenters. The minimum Gasteiger partial charge on any atom is -0.488 e. The average molecular weight is 340 g/mol. The molecule has 94 valence electrons. The zero-order valence-electron chi connectivity index (χ0n) is 9.51. The average Bonchev–Trinajstić information content (AvgIpc) is 2.25. The second-order valence-corrected chi connectivity index (χ2v) is 6.54. The van der Waals surface area contributed by atoms with Gasteiger partial charge in [-0.3, -0.25) is 0 Å². The van der Waals surface area contributed by atoms with Crippen LogP contribution < -0.4 is 4.74 Å². The summed E-state index contributed by atoms with van der Waals surface area (Å²) in [6.45, 7) is 3.94. The molecule has 0 radical (unpaired) electrons. The molecule has 1 aromatic carbocycles. The van der Waals surface area contributed by atoms with E-state index in [9.17, 15) is 5.11 Å². The van der Waals surface area contributed by atoms with Gasteiger partial charge in [-0.05, 0) is 22.0 Å². The van der Waals surface area contributed by atoms with Crippen molar-refractivity contribution in [1.82, 2.24) is 0 Å². The number of rotatable bonds is 2. The normalized spacial score (nSPS) is 26.5. The number of aliphatic hydroxyl groups is 1. The molecule has 2 unspecified atom stereocenters. The maximum Gasteiger partial charge on any atom is 0.139 e. The van der Waals surface area contributed by atoms with Gasteiger partial charge in [0, 0.05) is 22.4 Å². The zero-order chi connectivity index (χ0) is 12.8. The molecule has 0 bridgehead atoms. The third-order valence-electron chi connectivity index (χ3n) is 3.37. The molecule has 1 N–H and O–H groups in total. The highest BCUT2D eigenvalue weighted by atomic mass is 79.9. The van der Waals surface area contributed by atoms with E-state index >= 15 is 0 Å². The minimum absolute atomic E-state index is 0.0350. The Morgan fingerprint density at radius 3 is 2.53 bits per heavy atom. The molecule has 2 nitrogen and oxygen atoms in total. The van der Waals surface area contributed by atoms with Crippen molar-refractivity contribution in [2.24, 2.45) is 5.41 Å². The van der Waals surface area contributed by atoms with Crippen molar-refractivity contribution >= 4 is 39.1 Å². The molecular formula is C12H13BrCl2O2. The Hall–Kier alpha value is 0.0400. The highest BCUT2D eigenvalue weighted by Crippen LogP contribution is 2.44. The first kappa shape index (κ1) is 13.5. The van der Waals surface area contributed by atoms with E-state index in [-0.39, 0.29) is 17.6 Å². The largest absolute Gasteiger partial charge is 0.488 e. The maximum atomic E-state index is 9.65. The van der Waals surface area contributed by atoms with Gasteiger partial charge >= 0.3 is 0 Å². The van der Waals surface area contributed by atoms with Gasteiger partial charge in [0.05, 0.1) is 16.1 Å². The van der Waals surface area contributed by atoms with Gasteiger partial charge < -0.3 is 9.84 Å². The number of hydrogen-bond acceptors (Lipinski definition) is 2. The van der Waals surface area contributed by atoms with Gasteiger partial charge in [-0.15, -0.1) is 0 Å². The molecular weight excluding hydrogens is 327 g/mol. The van der Waals surface area contributed by atoms with Crippen LogP contribution in [0.2, 0.25) is 10.0 Å². The van der Waals surface area contributed by atoms with Crippen LogP contribution in [0.3, 0.4) is 0 Å². The minimum atomic E-state index is -0.322. The van der Waals surface area contributed by atoms with Crippen molar-refractivity contribution in [1.29, 1.82) is 0 Å². The van der Waals surface area contributed by atoms with Gasteiger partial charge in [0.1, 0.15) is 11.9 Å². The molecule has 5 heteroatoms. The highest BCUT2D eigenvalue weighted by molar-refractivity contribution is 9.10. The molecule has 1 fully saturated rings. The standard InChI is InChI=1S/C12H13BrCl2O2/c1-12(2)10(16)5-11(12)17-9-4-7(14)6(13)3-8(9)15/h3-4,10-11,16H,5H2,1-2H3. The SMILES string of the molecule is CC1(C)C(O)CC1Oc1cc(Cl)c(Br)cc1Cl. The topological polar surface area (TPSA) is 29.5 Å². The first-order valence-corrected chi connectivity index (χ1v) is 6.86. The third kappa shape index (κ3) is 2.43. The van der Waals surface area contributed by atoms with Crippen LogP contribution in [0.5, 0.6) is 5.75 Å². The molecule has 1 saturated carbocycles. The smallest absolute Gasteiger partial charge is 0.139 e. The summed E-state index contributed by atoms with van der Waals surface area (Å²) in [6.07, 6.45) is 0.265. The van der Waals surface area contributed by atoms with E-state index < -0.39 is 0 Å². The van der Waals surface area contributed by atoms with E-state index in [4.69, 9.17) is 27.9 Å². The fourth-order valence-electron chi connectivity index (χ4n) is 1.81. The first-order chi connectivity index (χ1) is 7.82. The van der Waals surface area contributed by atoms with Crippen LogP contribution in [-0.2, 0) is 0 Å². The molecule has 1 aromatic rings. The quantitative estimate of drug-likeness (QED) is 0.814. The predicted molar refractivity (Wildman–Crippen MR) is 73.0 cm³/mol. The van der Waals surface area contributed by atoms with Crippen LogP contribution in [0.1, 0.15) is 20.3 Å². The Balaban J connectivity index is 2.18. The summed E-state index contributed by atoms with van der Waals surface area (Å²) in [4.78, 5) is 0. The summed E-state index contributed by atoms with van der Waals surface area (Å²) >= 11 is 15.4. The number of benzene rings is 1. The van der Waals surface area contributed by atoms with Crippen LogP contribution in [-0.4, -0.2) is 17.3 Å². The van der Waals surface area contributed by atoms with Crippen molar-refractivity contribution in [2.75, 3.05) is 0 Å². The number of hydrogen-bond donors (Lipinski definition) is 1. The second-order valence-electron chi connectivity index (χ2n) is 4.88. The Bertz CT molecular complexity index is 448. The van der Waals surface area contributed by atoms with Crippen LogP contribution in [0, 0.1) is 5.41 Å². The molecule has 1 aliphatic rings. The lowest BCUT2D eigenvalue weighted by Crippen LogP contribution is -2.56. The van der Waals surface area contributed by atoms with Crippen molar-refractivity contribution in [3.05, 3.63) is 26.7 Å². The summed E-state index contributed by atoms with van der Waals surface area (Å²) in [5, 5.41) is 10.7. The van der Waals surface area contributed by atoms with Crippen molar-refractivity contribution < 1.29 is 9.84 Å². The molecule has 0 amide bonds. The maximum absolute atomic E-state index is 9.65. The van der Waals surface area contributed by atoms with Gasteiger partial charge in [-0.1, -0.05) is 37.0 Å². The lowest BCUT2D eigenvalue weighted by atomic mass is 9.66. The van der Waals surface area contributed by atoms with E-state index in [0.29, 0.717) is 22.2 Å². The summed E-state index contributed by atoms with van der Waals surface area (Å²) in [6, 6.07) is 3.40. The van der Waals surface area contributed by atoms with Gasteiger partial charge in [0.2, 0.25) is 0 Å². The predicted octanol–water partition coefficient (Wildman–Crippen LogP) is 4.29. The van der Waals surface area contributed by atoms with Crippen molar-refractivity contribution in [3.63, 3.8) is 0 Å². The van der Waals surface area contributed by atoms with Crippen LogP contribution >= 0.6 is 39.1 Å². The Kier molecular flexibility index (Phi) is 3.66. The molecule has 0 spiro atoms. The van der Waals surface area contributed by atoms with E-state index in [1.807, 2.05) is 13.8 Å². The lowest BCUT2D eigenvalue weighted by Gasteiger charge is -2.48. The number of halogens is 3. The summed E-state index contributed by atoms with van der Waals surface area (Å²) < 4.78 is 6.55. The number of ether oxygens (including phenoxy) is 1. The third-order valence-corrected chi connectivity index (χ3v) is 4.86. The van der Waals surface area contributed by atoms with Gasteiger partial charge in [-0.2, -0.15) is 0 Å². The number of aliphatic hydroxyl groups excluding tert-OH is 1. The monoisotopic (exact) mass is 338 g/mol. The van der Waals surface area contributed by atoms with Crippen molar-refractivity contribution in [3.8, 4) is 5.75 Å². The molecule has 0 heterocycles. The Labute approximate surface area is 119 Å². The van der Waals surface area contributed by atoms with E-state index in [1.54, 1.807) is 12.1 Å². The molecule has 0 aliphatic heterocycles. The Morgan fingerprint density at radius 1 is 1.35 bits per heavy atom. The summed E-state index contributed by atoms with van der Waals surface area (Å²) in [5.74, 6) is 0.560. The summed E-state index contributed by atoms with van der Waals surface area (Å²) in [5.41, 5.74) is -0.247. The molecule has 17 heavy (non-hydrogen) atoms. The molecule has 1 aliphatic carbocycles. The molecule has 2 rings (SSSR count). The van der Waals surface area contributed by atoms with Gasteiger partial charge in [0.15, 0.2) is 0 Å². The highest BCUT2D eigenvalue weighted by Gasteiger charge is 2.49. The van der Waals surface area contributed by atoms with Crippen LogP contribution in [0.25, 0.3) is 0 Å². The second kappa shape index (κ2) is 4.61. The van der Waals surface area contributed by atoms with E-state index in [0.717, 1.165) is 4.47 Å². The fourth-order valence-corrected chi connectivity index (χ4v) is 2.65. The lowest BCUT2D eigenvalue weighted by molar-refractivity contribution is -0.134. The zero-order valence-corrected chi connectivity index (χ0v) is 12.6. The van der Waals surface area contributed by atoms with E-state index in [1.165, 1.54) is 0 Å². The first-order valence-electron chi connectivity index (χ1n) is 5.31. The Morgan fingerprint density at radius 2 is 2.00 bits per heavy atom. The molecule has 0 saturated heterocycles. The van der Waals surface area contributed by atoms with Crippen LogP contribution in [0.4, 0.5) is 0 Å². The summed E-state index contributed by atoms with van der Waals surface area (Å²) in [7, 11) is 0.